The third kappa shape index (κ3) is 5.08. The van der Waals surface area contributed by atoms with Gasteiger partial charge in [0.25, 0.3) is 0 Å². The summed E-state index contributed by atoms with van der Waals surface area (Å²) in [5, 5.41) is 15.1. The molecule has 4 atom stereocenters. The summed E-state index contributed by atoms with van der Waals surface area (Å²) in [5.74, 6) is -2.54. The van der Waals surface area contributed by atoms with Gasteiger partial charge in [-0.15, -0.1) is 0 Å². The number of rotatable bonds is 8. The highest BCUT2D eigenvalue weighted by Gasteiger charge is 2.38. The van der Waals surface area contributed by atoms with Gasteiger partial charge in [0.15, 0.2) is 0 Å². The number of nitrogens with zero attached hydrogens (tertiary/aromatic N) is 1. The molecular weight excluding hydrogens is 414 g/mol. The number of carboxylic acids is 1. The Hall–Kier alpha value is -3.40. The second-order valence-corrected chi connectivity index (χ2v) is 8.17. The van der Waals surface area contributed by atoms with E-state index in [1.165, 1.54) is 18.7 Å². The molecule has 2 aromatic rings. The van der Waals surface area contributed by atoms with Gasteiger partial charge in [-0.3, -0.25) is 19.2 Å². The molecule has 0 aliphatic carbocycles. The minimum absolute atomic E-state index is 0.220. The standard InChI is InChI=1S/C22H29N5O5/c1-12(23)19(28)26-17(10-14-11-24-16-7-4-3-6-15(14)16)21(30)27-9-5-8-18(27)20(29)25-13(2)22(31)32/h3-4,6-7,11-13,17-18,24H,5,8-10,23H2,1-2H3,(H,25,29)(H,26,28)(H,31,32). The minimum atomic E-state index is -1.16. The lowest BCUT2D eigenvalue weighted by Crippen LogP contribution is -2.56. The third-order valence-corrected chi connectivity index (χ3v) is 5.69. The Morgan fingerprint density at radius 1 is 1.22 bits per heavy atom. The van der Waals surface area contributed by atoms with Gasteiger partial charge < -0.3 is 31.4 Å². The van der Waals surface area contributed by atoms with Crippen molar-refractivity contribution in [3.05, 3.63) is 36.0 Å². The molecule has 1 aliphatic heterocycles. The molecule has 0 saturated carbocycles. The van der Waals surface area contributed by atoms with E-state index in [1.807, 2.05) is 24.3 Å². The van der Waals surface area contributed by atoms with E-state index in [0.717, 1.165) is 16.5 Å². The predicted molar refractivity (Wildman–Crippen MR) is 118 cm³/mol. The average Bonchev–Trinajstić information content (AvgIpc) is 3.40. The Bertz CT molecular complexity index is 1020. The summed E-state index contributed by atoms with van der Waals surface area (Å²) in [4.78, 5) is 54.1. The van der Waals surface area contributed by atoms with Gasteiger partial charge in [-0.2, -0.15) is 0 Å². The van der Waals surface area contributed by atoms with Crippen LogP contribution in [0.1, 0.15) is 32.3 Å². The molecule has 3 rings (SSSR count). The smallest absolute Gasteiger partial charge is 0.325 e. The fourth-order valence-corrected chi connectivity index (χ4v) is 3.90. The summed E-state index contributed by atoms with van der Waals surface area (Å²) in [6.07, 6.45) is 3.04. The fraction of sp³-hybridized carbons (Fsp3) is 0.455. The molecule has 10 heteroatoms. The van der Waals surface area contributed by atoms with Crippen LogP contribution >= 0.6 is 0 Å². The summed E-state index contributed by atoms with van der Waals surface area (Å²) in [6, 6.07) is 4.05. The van der Waals surface area contributed by atoms with Gasteiger partial charge in [0, 0.05) is 30.1 Å². The number of carbonyl (C=O) groups is 4. The monoisotopic (exact) mass is 443 g/mol. The van der Waals surface area contributed by atoms with Gasteiger partial charge in [-0.1, -0.05) is 18.2 Å². The van der Waals surface area contributed by atoms with E-state index in [2.05, 4.69) is 15.6 Å². The fourth-order valence-electron chi connectivity index (χ4n) is 3.90. The Kier molecular flexibility index (Phi) is 7.14. The third-order valence-electron chi connectivity index (χ3n) is 5.69. The van der Waals surface area contributed by atoms with E-state index in [4.69, 9.17) is 10.8 Å². The van der Waals surface area contributed by atoms with Crippen LogP contribution in [0.15, 0.2) is 30.5 Å². The molecular formula is C22H29N5O5. The van der Waals surface area contributed by atoms with Crippen LogP contribution in [0, 0.1) is 0 Å². The molecule has 0 spiro atoms. The SMILES string of the molecule is CC(N)C(=O)NC(Cc1c[nH]c2ccccc12)C(=O)N1CCCC1C(=O)NC(C)C(=O)O. The zero-order valence-corrected chi connectivity index (χ0v) is 18.1. The van der Waals surface area contributed by atoms with Crippen molar-refractivity contribution in [3.8, 4) is 0 Å². The van der Waals surface area contributed by atoms with Crippen LogP contribution in [0.3, 0.4) is 0 Å². The molecule has 2 heterocycles. The second kappa shape index (κ2) is 9.82. The number of nitrogens with two attached hydrogens (primary N) is 1. The van der Waals surface area contributed by atoms with Crippen molar-refractivity contribution in [2.45, 2.75) is 57.3 Å². The number of H-pyrrole nitrogens is 1. The number of aliphatic carboxylic acids is 1. The highest BCUT2D eigenvalue weighted by atomic mass is 16.4. The molecule has 10 nitrogen and oxygen atoms in total. The molecule has 4 unspecified atom stereocenters. The number of aromatic amines is 1. The van der Waals surface area contributed by atoms with Crippen molar-refractivity contribution in [1.29, 1.82) is 0 Å². The Morgan fingerprint density at radius 3 is 2.62 bits per heavy atom. The van der Waals surface area contributed by atoms with Gasteiger partial charge in [-0.05, 0) is 38.3 Å². The van der Waals surface area contributed by atoms with Crippen molar-refractivity contribution >= 4 is 34.6 Å². The second-order valence-electron chi connectivity index (χ2n) is 8.17. The number of carboxylic acid groups (broad SMARTS) is 1. The van der Waals surface area contributed by atoms with Crippen LogP contribution in [0.4, 0.5) is 0 Å². The molecule has 172 valence electrons. The van der Waals surface area contributed by atoms with Crippen molar-refractivity contribution in [3.63, 3.8) is 0 Å². The lowest BCUT2D eigenvalue weighted by Gasteiger charge is -2.29. The number of likely N-dealkylation sites (tertiary alicyclic amines) is 1. The number of nitrogens with one attached hydrogen (secondary N) is 3. The summed E-state index contributed by atoms with van der Waals surface area (Å²) < 4.78 is 0. The van der Waals surface area contributed by atoms with E-state index in [-0.39, 0.29) is 6.42 Å². The molecule has 0 radical (unpaired) electrons. The highest BCUT2D eigenvalue weighted by molar-refractivity contribution is 5.95. The summed E-state index contributed by atoms with van der Waals surface area (Å²) >= 11 is 0. The predicted octanol–water partition coefficient (Wildman–Crippen LogP) is 0.123. The molecule has 1 aromatic heterocycles. The van der Waals surface area contributed by atoms with Gasteiger partial charge in [0.2, 0.25) is 17.7 Å². The van der Waals surface area contributed by atoms with E-state index in [1.54, 1.807) is 6.20 Å². The van der Waals surface area contributed by atoms with Gasteiger partial charge in [0.05, 0.1) is 6.04 Å². The highest BCUT2D eigenvalue weighted by Crippen LogP contribution is 2.23. The van der Waals surface area contributed by atoms with Crippen molar-refractivity contribution in [2.75, 3.05) is 6.54 Å². The average molecular weight is 444 g/mol. The van der Waals surface area contributed by atoms with Crippen molar-refractivity contribution in [2.24, 2.45) is 5.73 Å². The first-order chi connectivity index (χ1) is 15.2. The number of aromatic nitrogens is 1. The first kappa shape index (κ1) is 23.3. The zero-order chi connectivity index (χ0) is 23.4. The normalized spacial score (nSPS) is 18.7. The number of benzene rings is 1. The van der Waals surface area contributed by atoms with Crippen LogP contribution in [0.2, 0.25) is 0 Å². The maximum Gasteiger partial charge on any atom is 0.325 e. The number of hydrogen-bond donors (Lipinski definition) is 5. The van der Waals surface area contributed by atoms with Crippen molar-refractivity contribution in [1.82, 2.24) is 20.5 Å². The van der Waals surface area contributed by atoms with E-state index >= 15 is 0 Å². The van der Waals surface area contributed by atoms with E-state index < -0.39 is 47.9 Å². The molecule has 1 fully saturated rings. The quantitative estimate of drug-likeness (QED) is 0.390. The number of fused-ring (bicyclic) bond motifs is 1. The lowest BCUT2D eigenvalue weighted by atomic mass is 10.0. The molecule has 32 heavy (non-hydrogen) atoms. The van der Waals surface area contributed by atoms with Gasteiger partial charge in [-0.25, -0.2) is 0 Å². The largest absolute Gasteiger partial charge is 0.480 e. The Morgan fingerprint density at radius 2 is 1.94 bits per heavy atom. The Labute approximate surface area is 185 Å². The molecule has 1 aromatic carbocycles. The summed E-state index contributed by atoms with van der Waals surface area (Å²) in [6.45, 7) is 3.24. The molecule has 0 bridgehead atoms. The van der Waals surface area contributed by atoms with Gasteiger partial charge >= 0.3 is 5.97 Å². The summed E-state index contributed by atoms with van der Waals surface area (Å²) in [5.41, 5.74) is 7.46. The molecule has 1 saturated heterocycles. The zero-order valence-electron chi connectivity index (χ0n) is 18.1. The van der Waals surface area contributed by atoms with Crippen LogP contribution in [-0.4, -0.2) is 69.4 Å². The Balaban J connectivity index is 1.83. The van der Waals surface area contributed by atoms with Crippen LogP contribution in [0.5, 0.6) is 0 Å². The number of hydrogen-bond acceptors (Lipinski definition) is 5. The van der Waals surface area contributed by atoms with Crippen molar-refractivity contribution < 1.29 is 24.3 Å². The maximum absolute atomic E-state index is 13.5. The topological polar surface area (TPSA) is 158 Å². The van der Waals surface area contributed by atoms with Crippen LogP contribution in [0.25, 0.3) is 10.9 Å². The summed E-state index contributed by atoms with van der Waals surface area (Å²) in [7, 11) is 0. The number of para-hydroxylation sites is 1. The van der Waals surface area contributed by atoms with E-state index in [0.29, 0.717) is 19.4 Å². The number of carbonyl (C=O) groups excluding carboxylic acids is 3. The minimum Gasteiger partial charge on any atom is -0.480 e. The van der Waals surface area contributed by atoms with Gasteiger partial charge in [0.1, 0.15) is 18.1 Å². The molecule has 3 amide bonds. The molecule has 6 N–H and O–H groups in total. The first-order valence-corrected chi connectivity index (χ1v) is 10.6. The maximum atomic E-state index is 13.5. The van der Waals surface area contributed by atoms with Crippen LogP contribution in [-0.2, 0) is 25.6 Å². The number of amides is 3. The lowest BCUT2D eigenvalue weighted by molar-refractivity contribution is -0.144. The molecule has 1 aliphatic rings. The first-order valence-electron chi connectivity index (χ1n) is 10.6. The van der Waals surface area contributed by atoms with E-state index in [9.17, 15) is 19.2 Å². The van der Waals surface area contributed by atoms with Crippen LogP contribution < -0.4 is 16.4 Å².